The number of nitrogens with zero attached hydrogens (tertiary/aromatic N) is 1. The number of carbonyl (C=O) groups is 1. The van der Waals surface area contributed by atoms with Gasteiger partial charge in [-0.3, -0.25) is 4.79 Å². The maximum Gasteiger partial charge on any atom is 0.246 e. The van der Waals surface area contributed by atoms with Gasteiger partial charge in [-0.2, -0.15) is 0 Å². The van der Waals surface area contributed by atoms with Gasteiger partial charge in [0.1, 0.15) is 0 Å². The average molecular weight is 278 g/mol. The highest BCUT2D eigenvalue weighted by Crippen LogP contribution is 2.29. The van der Waals surface area contributed by atoms with Crippen LogP contribution in [-0.4, -0.2) is 24.7 Å². The van der Waals surface area contributed by atoms with Crippen LogP contribution >= 0.6 is 11.8 Å². The van der Waals surface area contributed by atoms with Crippen molar-refractivity contribution in [3.05, 3.63) is 24.3 Å². The van der Waals surface area contributed by atoms with E-state index < -0.39 is 5.54 Å². The van der Waals surface area contributed by atoms with E-state index in [1.165, 1.54) is 11.3 Å². The molecule has 0 bridgehead atoms. The highest BCUT2D eigenvalue weighted by Gasteiger charge is 2.37. The summed E-state index contributed by atoms with van der Waals surface area (Å²) in [5, 5.41) is 0. The second-order valence-electron chi connectivity index (χ2n) is 5.28. The predicted octanol–water partition coefficient (Wildman–Crippen LogP) is 3.03. The lowest BCUT2D eigenvalue weighted by molar-refractivity contribution is -0.124. The minimum absolute atomic E-state index is 0.0455. The van der Waals surface area contributed by atoms with E-state index in [0.717, 1.165) is 31.4 Å². The summed E-state index contributed by atoms with van der Waals surface area (Å²) in [4.78, 5) is 15.5. The second-order valence-corrected chi connectivity index (χ2v) is 6.16. The van der Waals surface area contributed by atoms with Gasteiger partial charge in [0, 0.05) is 17.6 Å². The zero-order valence-electron chi connectivity index (χ0n) is 11.7. The van der Waals surface area contributed by atoms with Gasteiger partial charge >= 0.3 is 0 Å². The van der Waals surface area contributed by atoms with Gasteiger partial charge in [0.05, 0.1) is 5.54 Å². The number of likely N-dealkylation sites (N-methyl/N-ethyl adjacent to an activating group) is 1. The summed E-state index contributed by atoms with van der Waals surface area (Å²) in [6, 6.07) is 8.04. The Kier molecular flexibility index (Phi) is 4.53. The fourth-order valence-electron chi connectivity index (χ4n) is 2.65. The van der Waals surface area contributed by atoms with Gasteiger partial charge in [0.15, 0.2) is 0 Å². The third kappa shape index (κ3) is 3.12. The molecule has 0 spiro atoms. The van der Waals surface area contributed by atoms with Crippen molar-refractivity contribution >= 4 is 23.4 Å². The molecule has 1 aliphatic rings. The fourth-order valence-corrected chi connectivity index (χ4v) is 3.06. The lowest BCUT2D eigenvalue weighted by Crippen LogP contribution is -2.55. The maximum absolute atomic E-state index is 12.6. The summed E-state index contributed by atoms with van der Waals surface area (Å²) >= 11 is 1.70. The van der Waals surface area contributed by atoms with Crippen LogP contribution in [0.2, 0.25) is 0 Å². The van der Waals surface area contributed by atoms with Crippen molar-refractivity contribution in [1.29, 1.82) is 0 Å². The van der Waals surface area contributed by atoms with E-state index in [0.29, 0.717) is 0 Å². The second kappa shape index (κ2) is 5.97. The molecule has 0 heterocycles. The minimum Gasteiger partial charge on any atom is -0.317 e. The number of amides is 1. The van der Waals surface area contributed by atoms with Crippen LogP contribution in [0.5, 0.6) is 0 Å². The van der Waals surface area contributed by atoms with Gasteiger partial charge in [0.2, 0.25) is 5.91 Å². The van der Waals surface area contributed by atoms with Gasteiger partial charge in [-0.15, -0.1) is 11.8 Å². The zero-order valence-corrected chi connectivity index (χ0v) is 12.5. The molecular formula is C15H22N2OS. The zero-order chi connectivity index (χ0) is 13.9. The molecule has 19 heavy (non-hydrogen) atoms. The Labute approximate surface area is 119 Å². The van der Waals surface area contributed by atoms with E-state index in [9.17, 15) is 4.79 Å². The molecule has 1 aromatic rings. The number of rotatable bonds is 3. The number of benzene rings is 1. The quantitative estimate of drug-likeness (QED) is 0.864. The van der Waals surface area contributed by atoms with E-state index in [2.05, 4.69) is 0 Å². The Morgan fingerprint density at radius 2 is 1.79 bits per heavy atom. The molecule has 3 nitrogen and oxygen atoms in total. The van der Waals surface area contributed by atoms with Gasteiger partial charge < -0.3 is 10.6 Å². The first-order valence-corrected chi connectivity index (χ1v) is 8.00. The van der Waals surface area contributed by atoms with Crippen LogP contribution in [-0.2, 0) is 4.79 Å². The molecule has 2 N–H and O–H groups in total. The van der Waals surface area contributed by atoms with E-state index in [1.807, 2.05) is 37.6 Å². The Morgan fingerprint density at radius 3 is 2.32 bits per heavy atom. The first-order valence-electron chi connectivity index (χ1n) is 6.78. The van der Waals surface area contributed by atoms with Crippen LogP contribution < -0.4 is 10.6 Å². The standard InChI is InChI=1S/C15H22N2OS/c1-17(12-6-8-13(19-2)9-7-12)14(18)15(16)10-4-3-5-11-15/h6-9H,3-5,10-11,16H2,1-2H3. The molecule has 1 aromatic carbocycles. The molecule has 0 unspecified atom stereocenters. The molecule has 0 atom stereocenters. The average Bonchev–Trinajstić information content (AvgIpc) is 2.46. The number of hydrogen-bond acceptors (Lipinski definition) is 3. The molecule has 1 fully saturated rings. The lowest BCUT2D eigenvalue weighted by atomic mass is 9.81. The third-order valence-electron chi connectivity index (χ3n) is 3.94. The maximum atomic E-state index is 12.6. The molecule has 1 amide bonds. The van der Waals surface area contributed by atoms with E-state index >= 15 is 0 Å². The number of nitrogens with two attached hydrogens (primary N) is 1. The summed E-state index contributed by atoms with van der Waals surface area (Å²) < 4.78 is 0. The number of anilines is 1. The summed E-state index contributed by atoms with van der Waals surface area (Å²) in [5.41, 5.74) is 6.56. The summed E-state index contributed by atoms with van der Waals surface area (Å²) in [7, 11) is 1.82. The largest absolute Gasteiger partial charge is 0.317 e. The van der Waals surface area contributed by atoms with Gasteiger partial charge in [0.25, 0.3) is 0 Å². The summed E-state index contributed by atoms with van der Waals surface area (Å²) in [6.45, 7) is 0. The third-order valence-corrected chi connectivity index (χ3v) is 4.68. The van der Waals surface area contributed by atoms with Crippen molar-refractivity contribution < 1.29 is 4.79 Å². The molecule has 4 heteroatoms. The Morgan fingerprint density at radius 1 is 1.21 bits per heavy atom. The van der Waals surface area contributed by atoms with Crippen molar-refractivity contribution in [2.75, 3.05) is 18.2 Å². The van der Waals surface area contributed by atoms with E-state index in [1.54, 1.807) is 16.7 Å². The molecule has 0 aromatic heterocycles. The molecule has 0 aliphatic heterocycles. The Hall–Kier alpha value is -1.00. The topological polar surface area (TPSA) is 46.3 Å². The number of carbonyl (C=O) groups excluding carboxylic acids is 1. The van der Waals surface area contributed by atoms with Crippen molar-refractivity contribution in [3.8, 4) is 0 Å². The van der Waals surface area contributed by atoms with Crippen LogP contribution in [0.3, 0.4) is 0 Å². The monoisotopic (exact) mass is 278 g/mol. The summed E-state index contributed by atoms with van der Waals surface area (Å²) in [6.07, 6.45) is 6.96. The Balaban J connectivity index is 2.13. The van der Waals surface area contributed by atoms with Crippen LogP contribution in [0.15, 0.2) is 29.2 Å². The molecule has 0 saturated heterocycles. The van der Waals surface area contributed by atoms with E-state index in [-0.39, 0.29) is 5.91 Å². The molecule has 2 rings (SSSR count). The van der Waals surface area contributed by atoms with Crippen molar-refractivity contribution in [2.24, 2.45) is 5.73 Å². The first kappa shape index (κ1) is 14.4. The van der Waals surface area contributed by atoms with Gasteiger partial charge in [-0.05, 0) is 43.4 Å². The SMILES string of the molecule is CSc1ccc(N(C)C(=O)C2(N)CCCCC2)cc1. The highest BCUT2D eigenvalue weighted by atomic mass is 32.2. The van der Waals surface area contributed by atoms with Gasteiger partial charge in [-0.1, -0.05) is 19.3 Å². The molecule has 1 saturated carbocycles. The predicted molar refractivity (Wildman–Crippen MR) is 81.6 cm³/mol. The van der Waals surface area contributed by atoms with Crippen LogP contribution in [0.1, 0.15) is 32.1 Å². The van der Waals surface area contributed by atoms with Crippen LogP contribution in [0, 0.1) is 0 Å². The minimum atomic E-state index is -0.662. The lowest BCUT2D eigenvalue weighted by Gasteiger charge is -2.35. The molecule has 104 valence electrons. The van der Waals surface area contributed by atoms with Crippen molar-refractivity contribution in [1.82, 2.24) is 0 Å². The molecule has 0 radical (unpaired) electrons. The Bertz CT molecular complexity index is 438. The van der Waals surface area contributed by atoms with Crippen molar-refractivity contribution in [3.63, 3.8) is 0 Å². The van der Waals surface area contributed by atoms with Crippen LogP contribution in [0.4, 0.5) is 5.69 Å². The van der Waals surface area contributed by atoms with Crippen LogP contribution in [0.25, 0.3) is 0 Å². The smallest absolute Gasteiger partial charge is 0.246 e. The van der Waals surface area contributed by atoms with Gasteiger partial charge in [-0.25, -0.2) is 0 Å². The summed E-state index contributed by atoms with van der Waals surface area (Å²) in [5.74, 6) is 0.0455. The number of thioether (sulfide) groups is 1. The molecular weight excluding hydrogens is 256 g/mol. The molecule has 1 aliphatic carbocycles. The normalized spacial score (nSPS) is 18.1. The first-order chi connectivity index (χ1) is 9.07. The van der Waals surface area contributed by atoms with E-state index in [4.69, 9.17) is 5.73 Å². The highest BCUT2D eigenvalue weighted by molar-refractivity contribution is 7.98. The number of hydrogen-bond donors (Lipinski definition) is 1. The van der Waals surface area contributed by atoms with Crippen molar-refractivity contribution in [2.45, 2.75) is 42.5 Å². The fraction of sp³-hybridized carbons (Fsp3) is 0.533.